The number of amides is 1. The van der Waals surface area contributed by atoms with E-state index in [1.807, 2.05) is 12.1 Å². The molecular weight excluding hydrogens is 266 g/mol. The number of nitrogen functional groups attached to an aromatic ring is 1. The molecular formula is C16H27N3O2. The Labute approximate surface area is 127 Å². The molecule has 0 bridgehead atoms. The topological polar surface area (TPSA) is 67.6 Å². The number of benzene rings is 1. The molecule has 0 aliphatic rings. The summed E-state index contributed by atoms with van der Waals surface area (Å²) >= 11 is 0. The van der Waals surface area contributed by atoms with Gasteiger partial charge in [-0.2, -0.15) is 0 Å². The smallest absolute Gasteiger partial charge is 0.238 e. The highest BCUT2D eigenvalue weighted by molar-refractivity contribution is 5.92. The van der Waals surface area contributed by atoms with Crippen molar-refractivity contribution in [2.75, 3.05) is 37.9 Å². The van der Waals surface area contributed by atoms with Crippen LogP contribution in [0.3, 0.4) is 0 Å². The standard InChI is InChI=1S/C16H27N3O2/c1-4-15(5-2)19(9-10-21-3)12-16(20)18-14-8-6-7-13(17)11-14/h6-8,11,15H,4-5,9-10,12,17H2,1-3H3,(H,18,20). The summed E-state index contributed by atoms with van der Waals surface area (Å²) in [6.07, 6.45) is 2.04. The number of ether oxygens (including phenoxy) is 1. The van der Waals surface area contributed by atoms with Gasteiger partial charge in [-0.3, -0.25) is 9.69 Å². The zero-order valence-corrected chi connectivity index (χ0v) is 13.3. The first-order valence-corrected chi connectivity index (χ1v) is 7.49. The van der Waals surface area contributed by atoms with Gasteiger partial charge in [0.05, 0.1) is 13.2 Å². The first-order chi connectivity index (χ1) is 10.1. The van der Waals surface area contributed by atoms with E-state index in [4.69, 9.17) is 10.5 Å². The van der Waals surface area contributed by atoms with Crippen LogP contribution in [0.4, 0.5) is 11.4 Å². The average molecular weight is 293 g/mol. The van der Waals surface area contributed by atoms with Crippen LogP contribution in [0.25, 0.3) is 0 Å². The highest BCUT2D eigenvalue weighted by Crippen LogP contribution is 2.13. The molecule has 1 aromatic carbocycles. The quantitative estimate of drug-likeness (QED) is 0.686. The molecule has 1 rings (SSSR count). The monoisotopic (exact) mass is 293 g/mol. The molecule has 1 aromatic rings. The maximum atomic E-state index is 12.2. The van der Waals surface area contributed by atoms with Gasteiger partial charge >= 0.3 is 0 Å². The molecule has 0 spiro atoms. The molecule has 0 unspecified atom stereocenters. The van der Waals surface area contributed by atoms with Crippen LogP contribution in [-0.2, 0) is 9.53 Å². The van der Waals surface area contributed by atoms with Crippen molar-refractivity contribution >= 4 is 17.3 Å². The summed E-state index contributed by atoms with van der Waals surface area (Å²) in [5.41, 5.74) is 7.09. The molecule has 5 heteroatoms. The van der Waals surface area contributed by atoms with Crippen LogP contribution in [-0.4, -0.2) is 43.7 Å². The van der Waals surface area contributed by atoms with E-state index in [0.29, 0.717) is 24.9 Å². The molecule has 118 valence electrons. The highest BCUT2D eigenvalue weighted by Gasteiger charge is 2.18. The second-order valence-corrected chi connectivity index (χ2v) is 5.11. The normalized spacial score (nSPS) is 11.1. The summed E-state index contributed by atoms with van der Waals surface area (Å²) in [5, 5.41) is 2.89. The van der Waals surface area contributed by atoms with Gasteiger partial charge in [-0.1, -0.05) is 19.9 Å². The highest BCUT2D eigenvalue weighted by atomic mass is 16.5. The number of rotatable bonds is 9. The predicted molar refractivity (Wildman–Crippen MR) is 87.3 cm³/mol. The molecule has 0 atom stereocenters. The molecule has 5 nitrogen and oxygen atoms in total. The zero-order chi connectivity index (χ0) is 15.7. The number of carbonyl (C=O) groups excluding carboxylic acids is 1. The predicted octanol–water partition coefficient (Wildman–Crippen LogP) is 2.34. The summed E-state index contributed by atoms with van der Waals surface area (Å²) in [5.74, 6) is -0.0244. The SMILES string of the molecule is CCC(CC)N(CCOC)CC(=O)Nc1cccc(N)c1. The minimum Gasteiger partial charge on any atom is -0.399 e. The van der Waals surface area contributed by atoms with Crippen molar-refractivity contribution in [1.29, 1.82) is 0 Å². The van der Waals surface area contributed by atoms with E-state index in [-0.39, 0.29) is 5.91 Å². The van der Waals surface area contributed by atoms with Crippen molar-refractivity contribution in [3.8, 4) is 0 Å². The Bertz CT molecular complexity index is 433. The van der Waals surface area contributed by atoms with E-state index in [0.717, 1.165) is 25.1 Å². The first kappa shape index (κ1) is 17.5. The van der Waals surface area contributed by atoms with Crippen molar-refractivity contribution in [3.63, 3.8) is 0 Å². The van der Waals surface area contributed by atoms with Crippen LogP contribution < -0.4 is 11.1 Å². The lowest BCUT2D eigenvalue weighted by Gasteiger charge is -2.29. The van der Waals surface area contributed by atoms with Crippen LogP contribution >= 0.6 is 0 Å². The summed E-state index contributed by atoms with van der Waals surface area (Å²) in [6.45, 7) is 6.04. The average Bonchev–Trinajstić information content (AvgIpc) is 2.45. The molecule has 1 amide bonds. The van der Waals surface area contributed by atoms with Crippen LogP contribution in [0, 0.1) is 0 Å². The van der Waals surface area contributed by atoms with Gasteiger partial charge in [0.1, 0.15) is 0 Å². The number of nitrogens with two attached hydrogens (primary N) is 1. The van der Waals surface area contributed by atoms with Crippen LogP contribution in [0.1, 0.15) is 26.7 Å². The fourth-order valence-corrected chi connectivity index (χ4v) is 2.41. The fourth-order valence-electron chi connectivity index (χ4n) is 2.41. The van der Waals surface area contributed by atoms with Gasteiger partial charge in [-0.25, -0.2) is 0 Å². The van der Waals surface area contributed by atoms with E-state index < -0.39 is 0 Å². The summed E-state index contributed by atoms with van der Waals surface area (Å²) in [7, 11) is 1.68. The van der Waals surface area contributed by atoms with Crippen LogP contribution in [0.5, 0.6) is 0 Å². The molecule has 21 heavy (non-hydrogen) atoms. The summed E-state index contributed by atoms with van der Waals surface area (Å²) in [6, 6.07) is 7.62. The minimum absolute atomic E-state index is 0.0244. The third kappa shape index (κ3) is 6.14. The number of nitrogens with one attached hydrogen (secondary N) is 1. The van der Waals surface area contributed by atoms with Crippen molar-refractivity contribution in [3.05, 3.63) is 24.3 Å². The summed E-state index contributed by atoms with van der Waals surface area (Å²) < 4.78 is 5.14. The molecule has 3 N–H and O–H groups in total. The number of hydrogen-bond acceptors (Lipinski definition) is 4. The maximum Gasteiger partial charge on any atom is 0.238 e. The fraction of sp³-hybridized carbons (Fsp3) is 0.562. The van der Waals surface area contributed by atoms with Gasteiger partial charge in [0, 0.05) is 31.1 Å². The minimum atomic E-state index is -0.0244. The van der Waals surface area contributed by atoms with Gasteiger partial charge in [0.25, 0.3) is 0 Å². The van der Waals surface area contributed by atoms with E-state index in [1.54, 1.807) is 19.2 Å². The van der Waals surface area contributed by atoms with E-state index in [1.165, 1.54) is 0 Å². The van der Waals surface area contributed by atoms with Crippen LogP contribution in [0.2, 0.25) is 0 Å². The van der Waals surface area contributed by atoms with Gasteiger partial charge in [0.2, 0.25) is 5.91 Å². The third-order valence-corrected chi connectivity index (χ3v) is 3.56. The van der Waals surface area contributed by atoms with E-state index in [2.05, 4.69) is 24.1 Å². The number of methoxy groups -OCH3 is 1. The second kappa shape index (κ2) is 9.37. The number of hydrogen-bond donors (Lipinski definition) is 2. The molecule has 0 fully saturated rings. The summed E-state index contributed by atoms with van der Waals surface area (Å²) in [4.78, 5) is 14.4. The Kier molecular flexibility index (Phi) is 7.79. The van der Waals surface area contributed by atoms with E-state index in [9.17, 15) is 4.79 Å². The molecule has 0 saturated heterocycles. The van der Waals surface area contributed by atoms with Crippen molar-refractivity contribution in [1.82, 2.24) is 4.90 Å². The third-order valence-electron chi connectivity index (χ3n) is 3.56. The lowest BCUT2D eigenvalue weighted by atomic mass is 10.1. The molecule has 0 aliphatic heterocycles. The maximum absolute atomic E-state index is 12.2. The number of anilines is 2. The lowest BCUT2D eigenvalue weighted by Crippen LogP contribution is -2.42. The Balaban J connectivity index is 2.62. The van der Waals surface area contributed by atoms with Crippen molar-refractivity contribution in [2.45, 2.75) is 32.7 Å². The lowest BCUT2D eigenvalue weighted by molar-refractivity contribution is -0.118. The largest absolute Gasteiger partial charge is 0.399 e. The number of nitrogens with zero attached hydrogens (tertiary/aromatic N) is 1. The zero-order valence-electron chi connectivity index (χ0n) is 13.3. The Morgan fingerprint density at radius 2 is 2.10 bits per heavy atom. The molecule has 0 aromatic heterocycles. The van der Waals surface area contributed by atoms with Gasteiger partial charge in [0.15, 0.2) is 0 Å². The Morgan fingerprint density at radius 1 is 1.38 bits per heavy atom. The molecule has 0 radical (unpaired) electrons. The Hall–Kier alpha value is -1.59. The van der Waals surface area contributed by atoms with Crippen molar-refractivity contribution < 1.29 is 9.53 Å². The van der Waals surface area contributed by atoms with Gasteiger partial charge < -0.3 is 15.8 Å². The first-order valence-electron chi connectivity index (χ1n) is 7.49. The van der Waals surface area contributed by atoms with Crippen LogP contribution in [0.15, 0.2) is 24.3 Å². The molecule has 0 heterocycles. The van der Waals surface area contributed by atoms with Crippen molar-refractivity contribution in [2.24, 2.45) is 0 Å². The Morgan fingerprint density at radius 3 is 2.67 bits per heavy atom. The van der Waals surface area contributed by atoms with E-state index >= 15 is 0 Å². The second-order valence-electron chi connectivity index (χ2n) is 5.11. The van der Waals surface area contributed by atoms with Gasteiger partial charge in [-0.05, 0) is 31.0 Å². The number of carbonyl (C=O) groups is 1. The molecule has 0 aliphatic carbocycles. The molecule has 0 saturated carbocycles. The van der Waals surface area contributed by atoms with Gasteiger partial charge in [-0.15, -0.1) is 0 Å².